The minimum Gasteiger partial charge on any atom is -0.437 e. The molecule has 0 amide bonds. The maximum atomic E-state index is 15.1. The summed E-state index contributed by atoms with van der Waals surface area (Å²) in [6, 6.07) is 31.6. The van der Waals surface area contributed by atoms with Gasteiger partial charge in [0.15, 0.2) is 28.1 Å². The number of Topliss-reactive ketones (excluding diaryl/α,β-unsaturated/α-hetero) is 1. The molecule has 11 nitrogen and oxygen atoms in total. The Kier molecular flexibility index (Phi) is 10.9. The van der Waals surface area contributed by atoms with Gasteiger partial charge >= 0.3 is 0 Å². The fourth-order valence-corrected chi connectivity index (χ4v) is 6.74. The quantitative estimate of drug-likeness (QED) is 0.106. The van der Waals surface area contributed by atoms with Crippen molar-refractivity contribution in [1.82, 2.24) is 39.0 Å². The maximum Gasteiger partial charge on any atom is 0.250 e. The largest absolute Gasteiger partial charge is 0.437 e. The van der Waals surface area contributed by atoms with Crippen LogP contribution in [0.15, 0.2) is 135 Å². The highest BCUT2D eigenvalue weighted by Crippen LogP contribution is 2.34. The first-order valence-electron chi connectivity index (χ1n) is 19.3. The predicted molar refractivity (Wildman–Crippen MR) is 226 cm³/mol. The minimum absolute atomic E-state index is 0.000659. The van der Waals surface area contributed by atoms with Gasteiger partial charge in [-0.25, -0.2) is 19.9 Å². The molecular weight excluding hydrogens is 725 g/mol. The molecule has 0 aliphatic carbocycles. The van der Waals surface area contributed by atoms with Gasteiger partial charge in [-0.2, -0.15) is 9.97 Å². The molecule has 0 spiro atoms. The first-order chi connectivity index (χ1) is 28.4. The normalized spacial score (nSPS) is 12.8. The van der Waals surface area contributed by atoms with Crippen LogP contribution in [-0.4, -0.2) is 44.8 Å². The van der Waals surface area contributed by atoms with Crippen LogP contribution in [-0.2, 0) is 17.9 Å². The van der Waals surface area contributed by atoms with Crippen LogP contribution < -0.4 is 9.47 Å². The number of benzene rings is 4. The van der Waals surface area contributed by atoms with Crippen LogP contribution in [0, 0.1) is 13.8 Å². The van der Waals surface area contributed by atoms with Gasteiger partial charge in [-0.05, 0) is 74.2 Å². The molecule has 0 aliphatic heterocycles. The molecule has 2 atom stereocenters. The van der Waals surface area contributed by atoms with Crippen molar-refractivity contribution in [3.05, 3.63) is 168 Å². The van der Waals surface area contributed by atoms with Crippen molar-refractivity contribution in [1.29, 1.82) is 0 Å². The average Bonchev–Trinajstić information content (AvgIpc) is 3.89. The summed E-state index contributed by atoms with van der Waals surface area (Å²) < 4.78 is 16.3. The van der Waals surface area contributed by atoms with E-state index in [1.54, 1.807) is 12.7 Å². The number of hydrogen-bond acceptors (Lipinski definition) is 9. The second-order valence-corrected chi connectivity index (χ2v) is 14.0. The van der Waals surface area contributed by atoms with Crippen LogP contribution in [0.3, 0.4) is 0 Å². The highest BCUT2D eigenvalue weighted by Gasteiger charge is 2.27. The van der Waals surface area contributed by atoms with Gasteiger partial charge in [-0.3, -0.25) is 4.79 Å². The van der Waals surface area contributed by atoms with Gasteiger partial charge in [0, 0.05) is 13.1 Å². The van der Waals surface area contributed by atoms with E-state index in [9.17, 15) is 0 Å². The summed E-state index contributed by atoms with van der Waals surface area (Å²) in [5, 5.41) is 0. The molecule has 4 heterocycles. The van der Waals surface area contributed by atoms with Crippen molar-refractivity contribution < 1.29 is 14.3 Å². The summed E-state index contributed by atoms with van der Waals surface area (Å²) >= 11 is 0. The highest BCUT2D eigenvalue weighted by molar-refractivity contribution is 5.96. The number of carbonyl (C=O) groups excluding carboxylic acids is 1. The summed E-state index contributed by atoms with van der Waals surface area (Å²) in [6.07, 6.45) is 14.4. The number of allylic oxidation sites excluding steroid dienone is 2. The molecule has 4 aromatic heterocycles. The van der Waals surface area contributed by atoms with Crippen LogP contribution in [0.25, 0.3) is 34.5 Å². The second-order valence-electron chi connectivity index (χ2n) is 14.0. The number of carbonyl (C=O) groups is 1. The van der Waals surface area contributed by atoms with Gasteiger partial charge in [0.05, 0.1) is 24.5 Å². The molecule has 11 heteroatoms. The molecule has 0 saturated carbocycles. The van der Waals surface area contributed by atoms with Crippen molar-refractivity contribution in [3.63, 3.8) is 0 Å². The number of ketones is 1. The molecule has 0 radical (unpaired) electrons. The molecule has 0 N–H and O–H groups in total. The van der Waals surface area contributed by atoms with Gasteiger partial charge in [-0.15, -0.1) is 0 Å². The zero-order chi connectivity index (χ0) is 40.0. The summed E-state index contributed by atoms with van der Waals surface area (Å²) in [5.41, 5.74) is 8.53. The molecule has 0 aliphatic rings. The van der Waals surface area contributed by atoms with Gasteiger partial charge in [0.1, 0.15) is 24.2 Å². The van der Waals surface area contributed by atoms with Crippen molar-refractivity contribution in [2.75, 3.05) is 0 Å². The van der Waals surface area contributed by atoms with E-state index in [-0.39, 0.29) is 5.78 Å². The summed E-state index contributed by atoms with van der Waals surface area (Å²) in [4.78, 5) is 41.5. The fraction of sp³-hybridized carbons (Fsp3) is 0.170. The van der Waals surface area contributed by atoms with Gasteiger partial charge in [0.2, 0.25) is 0 Å². The number of hydrogen-bond donors (Lipinski definition) is 0. The Morgan fingerprint density at radius 1 is 0.552 bits per heavy atom. The number of nitrogens with zero attached hydrogens (tertiary/aromatic N) is 8. The molecule has 0 bridgehead atoms. The molecule has 8 aromatic rings. The predicted octanol–water partition coefficient (Wildman–Crippen LogP) is 10.1. The van der Waals surface area contributed by atoms with E-state index in [1.165, 1.54) is 12.7 Å². The number of ether oxygens (including phenoxy) is 2. The van der Waals surface area contributed by atoms with Gasteiger partial charge in [-0.1, -0.05) is 108 Å². The van der Waals surface area contributed by atoms with Gasteiger partial charge in [0.25, 0.3) is 11.8 Å². The van der Waals surface area contributed by atoms with E-state index in [2.05, 4.69) is 92.3 Å². The van der Waals surface area contributed by atoms with Crippen LogP contribution in [0.2, 0.25) is 0 Å². The Morgan fingerprint density at radius 2 is 0.948 bits per heavy atom. The topological polar surface area (TPSA) is 123 Å². The number of imidazole rings is 2. The van der Waals surface area contributed by atoms with Gasteiger partial charge < -0.3 is 18.6 Å². The van der Waals surface area contributed by atoms with Crippen molar-refractivity contribution in [2.45, 2.75) is 52.6 Å². The lowest BCUT2D eigenvalue weighted by atomic mass is 9.82. The first-order valence-corrected chi connectivity index (χ1v) is 19.3. The Hall–Kier alpha value is -7.27. The Bertz CT molecular complexity index is 2550. The summed E-state index contributed by atoms with van der Waals surface area (Å²) in [5.74, 6) is 0.658. The molecule has 4 aromatic carbocycles. The third-order valence-electron chi connectivity index (χ3n) is 10.1. The first kappa shape index (κ1) is 37.6. The third kappa shape index (κ3) is 8.15. The van der Waals surface area contributed by atoms with E-state index in [1.807, 2.05) is 95.8 Å². The zero-order valence-electron chi connectivity index (χ0n) is 32.7. The Labute approximate surface area is 336 Å². The van der Waals surface area contributed by atoms with E-state index < -0.39 is 11.8 Å². The lowest BCUT2D eigenvalue weighted by Gasteiger charge is -2.20. The van der Waals surface area contributed by atoms with E-state index in [4.69, 9.17) is 9.47 Å². The van der Waals surface area contributed by atoms with Crippen molar-refractivity contribution in [3.8, 4) is 23.3 Å². The average molecular weight is 767 g/mol. The Morgan fingerprint density at radius 3 is 1.33 bits per heavy atom. The molecule has 288 valence electrons. The standard InChI is InChI=1S/C47H42N8O3/c1-5-54-29-52-41-44(54)48-27-50-46(41)57-37-21-17-35(18-22-37)39(25-15-33-11-7-31(3)8-12-33)43(56)40(26-16-34-13-9-32(4)10-14-34)36-19-23-38(24-20-36)58-47-42-45(49-28-51-47)55(6-2)30-53-42/h7-30,39-40H,5-6H2,1-4H3/b25-15+,26-16+. The number of aromatic nitrogens is 8. The molecule has 8 rings (SSSR count). The van der Waals surface area contributed by atoms with Crippen LogP contribution in [0.5, 0.6) is 23.3 Å². The van der Waals surface area contributed by atoms with E-state index in [0.717, 1.165) is 46.5 Å². The summed E-state index contributed by atoms with van der Waals surface area (Å²) in [6.45, 7) is 9.63. The monoisotopic (exact) mass is 766 g/mol. The lowest BCUT2D eigenvalue weighted by molar-refractivity contribution is -0.120. The van der Waals surface area contributed by atoms with Crippen molar-refractivity contribution >= 4 is 40.3 Å². The highest BCUT2D eigenvalue weighted by atomic mass is 16.5. The van der Waals surface area contributed by atoms with E-state index in [0.29, 0.717) is 45.6 Å². The lowest BCUT2D eigenvalue weighted by Crippen LogP contribution is -2.18. The molecule has 2 unspecified atom stereocenters. The van der Waals surface area contributed by atoms with Crippen LogP contribution >= 0.6 is 0 Å². The molecule has 0 saturated heterocycles. The van der Waals surface area contributed by atoms with Crippen LogP contribution in [0.1, 0.15) is 59.1 Å². The number of fused-ring (bicyclic) bond motifs is 2. The number of aryl methyl sites for hydroxylation is 4. The molecular formula is C47H42N8O3. The van der Waals surface area contributed by atoms with Crippen LogP contribution in [0.4, 0.5) is 0 Å². The molecule has 0 fully saturated rings. The number of rotatable bonds is 14. The second kappa shape index (κ2) is 16.8. The SMILES string of the molecule is CCn1cnc2c(Oc3ccc(C(/C=C/c4ccc(C)cc4)C(=O)C(/C=C/c4ccc(C)cc4)c4ccc(Oc5ncnc6c5ncn6CC)cc4)cc3)ncnc21. The Balaban J connectivity index is 1.13. The minimum atomic E-state index is -0.604. The summed E-state index contributed by atoms with van der Waals surface area (Å²) in [7, 11) is 0. The maximum absolute atomic E-state index is 15.1. The van der Waals surface area contributed by atoms with E-state index >= 15 is 4.79 Å². The fourth-order valence-electron chi connectivity index (χ4n) is 6.74. The smallest absolute Gasteiger partial charge is 0.250 e. The zero-order valence-corrected chi connectivity index (χ0v) is 32.7. The molecule has 58 heavy (non-hydrogen) atoms. The third-order valence-corrected chi connectivity index (χ3v) is 10.1. The van der Waals surface area contributed by atoms with Crippen molar-refractivity contribution in [2.24, 2.45) is 0 Å².